The summed E-state index contributed by atoms with van der Waals surface area (Å²) in [6, 6.07) is 10.1. The fourth-order valence-corrected chi connectivity index (χ4v) is 4.45. The molecule has 0 bridgehead atoms. The molecule has 0 atom stereocenters. The van der Waals surface area contributed by atoms with Gasteiger partial charge < -0.3 is 9.64 Å². The van der Waals surface area contributed by atoms with Crippen LogP contribution in [0.4, 0.5) is 4.39 Å². The summed E-state index contributed by atoms with van der Waals surface area (Å²) < 4.78 is 45.8. The molecule has 1 amide bonds. The summed E-state index contributed by atoms with van der Waals surface area (Å²) in [5.74, 6) is -0.325. The van der Waals surface area contributed by atoms with E-state index < -0.39 is 15.8 Å². The van der Waals surface area contributed by atoms with E-state index in [0.29, 0.717) is 24.4 Å². The van der Waals surface area contributed by atoms with Crippen LogP contribution in [0.25, 0.3) is 0 Å². The first-order valence-electron chi connectivity index (χ1n) is 9.01. The summed E-state index contributed by atoms with van der Waals surface area (Å²) in [6.45, 7) is 1.32. The molecule has 1 aliphatic rings. The van der Waals surface area contributed by atoms with Crippen LogP contribution in [0.15, 0.2) is 47.4 Å². The van der Waals surface area contributed by atoms with Crippen LogP contribution < -0.4 is 4.74 Å². The molecular formula is C20H23FN2O4S. The number of benzene rings is 2. The monoisotopic (exact) mass is 406 g/mol. The van der Waals surface area contributed by atoms with Gasteiger partial charge in [-0.3, -0.25) is 4.79 Å². The van der Waals surface area contributed by atoms with Gasteiger partial charge >= 0.3 is 0 Å². The van der Waals surface area contributed by atoms with Gasteiger partial charge in [-0.15, -0.1) is 0 Å². The number of halogens is 1. The van der Waals surface area contributed by atoms with Crippen molar-refractivity contribution < 1.29 is 22.3 Å². The zero-order chi connectivity index (χ0) is 20.3. The topological polar surface area (TPSA) is 66.9 Å². The van der Waals surface area contributed by atoms with Gasteiger partial charge in [-0.1, -0.05) is 12.1 Å². The summed E-state index contributed by atoms with van der Waals surface area (Å²) in [5, 5.41) is 0. The van der Waals surface area contributed by atoms with E-state index in [-0.39, 0.29) is 22.9 Å². The number of hydrogen-bond donors (Lipinski definition) is 0. The molecule has 1 fully saturated rings. The highest BCUT2D eigenvalue weighted by Gasteiger charge is 2.27. The van der Waals surface area contributed by atoms with E-state index in [2.05, 4.69) is 0 Å². The zero-order valence-electron chi connectivity index (χ0n) is 15.9. The van der Waals surface area contributed by atoms with Crippen LogP contribution in [0.1, 0.15) is 28.8 Å². The lowest BCUT2D eigenvalue weighted by Gasteiger charge is -2.20. The molecule has 6 nitrogen and oxygen atoms in total. The first-order valence-corrected chi connectivity index (χ1v) is 10.4. The first kappa shape index (κ1) is 20.3. The third-order valence-corrected chi connectivity index (χ3v) is 6.60. The molecule has 8 heteroatoms. The SMILES string of the molecule is COc1ccc(S(=O)(=O)N(C)Cc2cccc(F)c2)cc1C(=O)N1CCCC1. The van der Waals surface area contributed by atoms with E-state index in [1.165, 1.54) is 50.6 Å². The first-order chi connectivity index (χ1) is 13.3. The summed E-state index contributed by atoms with van der Waals surface area (Å²) in [5.41, 5.74) is 0.762. The number of hydrogen-bond acceptors (Lipinski definition) is 4. The lowest BCUT2D eigenvalue weighted by atomic mass is 10.1. The average Bonchev–Trinajstić information content (AvgIpc) is 3.21. The van der Waals surface area contributed by atoms with Gasteiger partial charge in [-0.25, -0.2) is 12.8 Å². The molecule has 0 spiro atoms. The Morgan fingerprint density at radius 3 is 2.54 bits per heavy atom. The van der Waals surface area contributed by atoms with Crippen LogP contribution in [0.3, 0.4) is 0 Å². The lowest BCUT2D eigenvalue weighted by Crippen LogP contribution is -2.29. The third kappa shape index (κ3) is 4.18. The summed E-state index contributed by atoms with van der Waals surface area (Å²) in [7, 11) is -1.00. The molecule has 150 valence electrons. The number of amides is 1. The Balaban J connectivity index is 1.90. The number of sulfonamides is 1. The van der Waals surface area contributed by atoms with Crippen molar-refractivity contribution in [1.29, 1.82) is 0 Å². The second-order valence-electron chi connectivity index (χ2n) is 6.75. The van der Waals surface area contributed by atoms with Crippen molar-refractivity contribution in [1.82, 2.24) is 9.21 Å². The number of methoxy groups -OCH3 is 1. The minimum Gasteiger partial charge on any atom is -0.496 e. The van der Waals surface area contributed by atoms with Gasteiger partial charge in [0.15, 0.2) is 0 Å². The van der Waals surface area contributed by atoms with Crippen molar-refractivity contribution in [3.8, 4) is 5.75 Å². The van der Waals surface area contributed by atoms with Crippen LogP contribution >= 0.6 is 0 Å². The van der Waals surface area contributed by atoms with Gasteiger partial charge in [0, 0.05) is 26.7 Å². The summed E-state index contributed by atoms with van der Waals surface area (Å²) >= 11 is 0. The minimum absolute atomic E-state index is 0.00486. The van der Waals surface area contributed by atoms with Crippen LogP contribution in [-0.4, -0.2) is 50.8 Å². The van der Waals surface area contributed by atoms with Crippen molar-refractivity contribution in [2.24, 2.45) is 0 Å². The number of carbonyl (C=O) groups is 1. The Hall–Kier alpha value is -2.45. The molecule has 0 unspecified atom stereocenters. The van der Waals surface area contributed by atoms with Crippen LogP contribution in [0.5, 0.6) is 5.75 Å². The molecule has 0 aromatic heterocycles. The molecule has 28 heavy (non-hydrogen) atoms. The summed E-state index contributed by atoms with van der Waals surface area (Å²) in [6.07, 6.45) is 1.87. The number of ether oxygens (including phenoxy) is 1. The van der Waals surface area contributed by atoms with Gasteiger partial charge in [0.25, 0.3) is 5.91 Å². The number of rotatable bonds is 6. The van der Waals surface area contributed by atoms with Gasteiger partial charge in [-0.2, -0.15) is 4.31 Å². The predicted octanol–water partition coefficient (Wildman–Crippen LogP) is 2.89. The second-order valence-corrected chi connectivity index (χ2v) is 8.80. The molecular weight excluding hydrogens is 383 g/mol. The second kappa shape index (κ2) is 8.28. The summed E-state index contributed by atoms with van der Waals surface area (Å²) in [4.78, 5) is 14.5. The fourth-order valence-electron chi connectivity index (χ4n) is 3.26. The Kier molecular flexibility index (Phi) is 6.00. The quantitative estimate of drug-likeness (QED) is 0.740. The van der Waals surface area contributed by atoms with Gasteiger partial charge in [0.05, 0.1) is 17.6 Å². The normalized spacial score (nSPS) is 14.5. The highest BCUT2D eigenvalue weighted by atomic mass is 32.2. The lowest BCUT2D eigenvalue weighted by molar-refractivity contribution is 0.0789. The minimum atomic E-state index is -3.87. The molecule has 1 saturated heterocycles. The molecule has 0 aliphatic carbocycles. The van der Waals surface area contributed by atoms with Gasteiger partial charge in [0.2, 0.25) is 10.0 Å². The van der Waals surface area contributed by atoms with Crippen molar-refractivity contribution >= 4 is 15.9 Å². The van der Waals surface area contributed by atoms with E-state index in [1.54, 1.807) is 11.0 Å². The highest BCUT2D eigenvalue weighted by Crippen LogP contribution is 2.27. The maximum absolute atomic E-state index is 13.4. The zero-order valence-corrected chi connectivity index (χ0v) is 16.7. The maximum Gasteiger partial charge on any atom is 0.257 e. The molecule has 0 saturated carbocycles. The Morgan fingerprint density at radius 1 is 1.18 bits per heavy atom. The molecule has 1 aliphatic heterocycles. The largest absolute Gasteiger partial charge is 0.496 e. The Morgan fingerprint density at radius 2 is 1.89 bits per heavy atom. The van der Waals surface area contributed by atoms with Crippen molar-refractivity contribution in [3.05, 3.63) is 59.4 Å². The smallest absolute Gasteiger partial charge is 0.257 e. The molecule has 0 N–H and O–H groups in total. The predicted molar refractivity (Wildman–Crippen MR) is 103 cm³/mol. The van der Waals surface area contributed by atoms with E-state index >= 15 is 0 Å². The van der Waals surface area contributed by atoms with Gasteiger partial charge in [0.1, 0.15) is 11.6 Å². The van der Waals surface area contributed by atoms with E-state index in [9.17, 15) is 17.6 Å². The molecule has 0 radical (unpaired) electrons. The molecule has 2 aromatic rings. The number of likely N-dealkylation sites (tertiary alicyclic amines) is 1. The Bertz CT molecular complexity index is 972. The van der Waals surface area contributed by atoms with Crippen molar-refractivity contribution in [2.75, 3.05) is 27.2 Å². The van der Waals surface area contributed by atoms with E-state index in [1.807, 2.05) is 0 Å². The van der Waals surface area contributed by atoms with E-state index in [4.69, 9.17) is 4.74 Å². The van der Waals surface area contributed by atoms with Crippen molar-refractivity contribution in [3.63, 3.8) is 0 Å². The fraction of sp³-hybridized carbons (Fsp3) is 0.350. The highest BCUT2D eigenvalue weighted by molar-refractivity contribution is 7.89. The average molecular weight is 406 g/mol. The molecule has 1 heterocycles. The number of nitrogens with zero attached hydrogens (tertiary/aromatic N) is 2. The standard InChI is InChI=1S/C20H23FN2O4S/c1-22(14-15-6-5-7-16(21)12-15)28(25,26)17-8-9-19(27-2)18(13-17)20(24)23-10-3-4-11-23/h5-9,12-13H,3-4,10-11,14H2,1-2H3. The van der Waals surface area contributed by atoms with Crippen molar-refractivity contribution in [2.45, 2.75) is 24.3 Å². The molecule has 3 rings (SSSR count). The van der Waals surface area contributed by atoms with Crippen LogP contribution in [0.2, 0.25) is 0 Å². The Labute approximate surface area is 164 Å². The number of carbonyl (C=O) groups excluding carboxylic acids is 1. The third-order valence-electron chi connectivity index (χ3n) is 4.80. The van der Waals surface area contributed by atoms with Crippen LogP contribution in [-0.2, 0) is 16.6 Å². The van der Waals surface area contributed by atoms with E-state index in [0.717, 1.165) is 17.1 Å². The molecule has 2 aromatic carbocycles. The van der Waals surface area contributed by atoms with Crippen LogP contribution in [0, 0.1) is 5.82 Å². The van der Waals surface area contributed by atoms with Gasteiger partial charge in [-0.05, 0) is 48.7 Å². The maximum atomic E-state index is 13.4.